The molecule has 0 aliphatic rings. The molecule has 0 saturated carbocycles. The molecule has 0 spiro atoms. The third-order valence-corrected chi connectivity index (χ3v) is 11.6. The van der Waals surface area contributed by atoms with E-state index < -0.39 is 7.14 Å². The highest BCUT2D eigenvalue weighted by molar-refractivity contribution is 7.85. The fourth-order valence-electron chi connectivity index (χ4n) is 5.83. The van der Waals surface area contributed by atoms with E-state index in [1.165, 1.54) is 24.3 Å². The van der Waals surface area contributed by atoms with Crippen molar-refractivity contribution in [2.75, 3.05) is 0 Å². The molecule has 0 radical (unpaired) electrons. The third-order valence-electron chi connectivity index (χ3n) is 8.54. The molecule has 0 N–H and O–H groups in total. The molecule has 0 aliphatic carbocycles. The van der Waals surface area contributed by atoms with Crippen molar-refractivity contribution in [2.24, 2.45) is 0 Å². The summed E-state index contributed by atoms with van der Waals surface area (Å²) in [5.74, 6) is 3.84. The number of hydrogen-bond donors (Lipinski definition) is 0. The summed E-state index contributed by atoms with van der Waals surface area (Å²) in [6.07, 6.45) is 0. The smallest absolute Gasteiger partial charge is 0.171 e. The van der Waals surface area contributed by atoms with Crippen molar-refractivity contribution >= 4 is 23.1 Å². The topological polar surface area (TPSA) is 149 Å². The Labute approximate surface area is 323 Å². The van der Waals surface area contributed by atoms with Crippen LogP contribution in [0, 0.1) is 45.3 Å². The summed E-state index contributed by atoms with van der Waals surface area (Å²) in [5, 5.41) is 39.0. The van der Waals surface area contributed by atoms with Crippen molar-refractivity contribution < 1.29 is 23.5 Å². The van der Waals surface area contributed by atoms with Gasteiger partial charge in [0.05, 0.1) is 22.3 Å². The minimum absolute atomic E-state index is 0.224. The van der Waals surface area contributed by atoms with Crippen LogP contribution in [0.1, 0.15) is 22.3 Å². The van der Waals surface area contributed by atoms with E-state index in [1.54, 1.807) is 109 Å². The lowest BCUT2D eigenvalue weighted by Crippen LogP contribution is -2.24. The van der Waals surface area contributed by atoms with Gasteiger partial charge in [-0.25, -0.2) is 0 Å². The number of benzene rings is 7. The Balaban J connectivity index is 1.08. The largest absolute Gasteiger partial charge is 0.457 e. The van der Waals surface area contributed by atoms with E-state index in [0.29, 0.717) is 61.9 Å². The number of ether oxygens (including phenoxy) is 4. The first-order valence-electron chi connectivity index (χ1n) is 17.1. The zero-order valence-electron chi connectivity index (χ0n) is 29.4. The monoisotopic (exact) mass is 746 g/mol. The Bertz CT molecular complexity index is 2610. The van der Waals surface area contributed by atoms with E-state index in [2.05, 4.69) is 0 Å². The van der Waals surface area contributed by atoms with Gasteiger partial charge < -0.3 is 23.5 Å². The normalized spacial score (nSPS) is 10.5. The van der Waals surface area contributed by atoms with Crippen molar-refractivity contribution in [3.63, 3.8) is 0 Å². The molecule has 0 amide bonds. The molecule has 0 saturated heterocycles. The summed E-state index contributed by atoms with van der Waals surface area (Å²) >= 11 is 0. The molecule has 9 nitrogen and oxygen atoms in total. The van der Waals surface area contributed by atoms with Gasteiger partial charge in [0.15, 0.2) is 7.14 Å². The van der Waals surface area contributed by atoms with Gasteiger partial charge in [-0.3, -0.25) is 0 Å². The second-order valence-electron chi connectivity index (χ2n) is 12.2. The molecule has 0 unspecified atom stereocenters. The maximum Gasteiger partial charge on any atom is 0.171 e. The average molecular weight is 747 g/mol. The molecule has 0 aromatic heterocycles. The average Bonchev–Trinajstić information content (AvgIpc) is 3.24. The molecule has 10 heteroatoms. The third kappa shape index (κ3) is 7.96. The highest BCUT2D eigenvalue weighted by Crippen LogP contribution is 2.43. The van der Waals surface area contributed by atoms with Gasteiger partial charge in [0.25, 0.3) is 0 Å². The molecular formula is C46H27N4O5P. The van der Waals surface area contributed by atoms with Crippen LogP contribution in [0.15, 0.2) is 164 Å². The zero-order valence-corrected chi connectivity index (χ0v) is 30.3. The van der Waals surface area contributed by atoms with Gasteiger partial charge in [-0.05, 0) is 109 Å². The number of rotatable bonds is 11. The van der Waals surface area contributed by atoms with E-state index in [0.717, 1.165) is 0 Å². The second kappa shape index (κ2) is 16.3. The van der Waals surface area contributed by atoms with E-state index in [1.807, 2.05) is 54.6 Å². The van der Waals surface area contributed by atoms with Crippen LogP contribution in [0.5, 0.6) is 46.0 Å². The Morgan fingerprint density at radius 1 is 0.321 bits per heavy atom. The summed E-state index contributed by atoms with van der Waals surface area (Å²) in [7, 11) is -3.34. The van der Waals surface area contributed by atoms with Crippen LogP contribution < -0.4 is 34.9 Å². The van der Waals surface area contributed by atoms with Crippen LogP contribution in [0.4, 0.5) is 0 Å². The van der Waals surface area contributed by atoms with Crippen LogP contribution in [0.3, 0.4) is 0 Å². The highest BCUT2D eigenvalue weighted by Gasteiger charge is 2.30. The van der Waals surface area contributed by atoms with Crippen molar-refractivity contribution in [1.29, 1.82) is 21.0 Å². The summed E-state index contributed by atoms with van der Waals surface area (Å²) in [6, 6.07) is 55.0. The van der Waals surface area contributed by atoms with E-state index in [4.69, 9.17) is 18.9 Å². The number of nitriles is 4. The van der Waals surface area contributed by atoms with Crippen molar-refractivity contribution in [3.8, 4) is 70.3 Å². The lowest BCUT2D eigenvalue weighted by molar-refractivity contribution is 0.460. The summed E-state index contributed by atoms with van der Waals surface area (Å²) < 4.78 is 39.3. The van der Waals surface area contributed by atoms with Crippen molar-refractivity contribution in [1.82, 2.24) is 0 Å². The lowest BCUT2D eigenvalue weighted by atomic mass is 10.1. The minimum Gasteiger partial charge on any atom is -0.457 e. The molecule has 7 rings (SSSR count). The minimum atomic E-state index is -3.34. The number of hydrogen-bond acceptors (Lipinski definition) is 9. The molecule has 266 valence electrons. The van der Waals surface area contributed by atoms with E-state index >= 15 is 4.57 Å². The van der Waals surface area contributed by atoms with Crippen LogP contribution in [-0.4, -0.2) is 0 Å². The molecule has 7 aromatic rings. The van der Waals surface area contributed by atoms with Crippen molar-refractivity contribution in [2.45, 2.75) is 0 Å². The zero-order chi connectivity index (χ0) is 38.9. The fourth-order valence-corrected chi connectivity index (χ4v) is 8.46. The van der Waals surface area contributed by atoms with Gasteiger partial charge in [-0.1, -0.05) is 42.5 Å². The first-order chi connectivity index (χ1) is 27.4. The molecule has 0 atom stereocenters. The first-order valence-corrected chi connectivity index (χ1v) is 18.8. The summed E-state index contributed by atoms with van der Waals surface area (Å²) in [5.41, 5.74) is 0.990. The second-order valence-corrected chi connectivity index (χ2v) is 14.9. The molecule has 56 heavy (non-hydrogen) atoms. The molecule has 0 heterocycles. The summed E-state index contributed by atoms with van der Waals surface area (Å²) in [4.78, 5) is 0. The van der Waals surface area contributed by atoms with Gasteiger partial charge in [0.2, 0.25) is 0 Å². The Morgan fingerprint density at radius 2 is 0.643 bits per heavy atom. The molecular weight excluding hydrogens is 720 g/mol. The van der Waals surface area contributed by atoms with E-state index in [9.17, 15) is 21.0 Å². The highest BCUT2D eigenvalue weighted by atomic mass is 31.2. The molecule has 0 bridgehead atoms. The van der Waals surface area contributed by atoms with Gasteiger partial charge >= 0.3 is 0 Å². The summed E-state index contributed by atoms with van der Waals surface area (Å²) in [6.45, 7) is 0. The molecule has 0 fully saturated rings. The predicted molar refractivity (Wildman–Crippen MR) is 211 cm³/mol. The van der Waals surface area contributed by atoms with Crippen LogP contribution in [0.25, 0.3) is 0 Å². The first kappa shape index (κ1) is 36.3. The van der Waals surface area contributed by atoms with Crippen LogP contribution in [0.2, 0.25) is 0 Å². The number of nitrogens with zero attached hydrogens (tertiary/aromatic N) is 4. The Morgan fingerprint density at radius 3 is 1.02 bits per heavy atom. The van der Waals surface area contributed by atoms with Crippen molar-refractivity contribution in [3.05, 3.63) is 186 Å². The molecule has 7 aromatic carbocycles. The quantitative estimate of drug-likeness (QED) is 0.118. The fraction of sp³-hybridized carbons (Fsp3) is 0. The Hall–Kier alpha value is -8.07. The van der Waals surface area contributed by atoms with E-state index in [-0.39, 0.29) is 22.3 Å². The van der Waals surface area contributed by atoms with Gasteiger partial charge in [0.1, 0.15) is 70.3 Å². The predicted octanol–water partition coefficient (Wildman–Crippen LogP) is 9.98. The van der Waals surface area contributed by atoms with Gasteiger partial charge in [-0.15, -0.1) is 0 Å². The Kier molecular flexibility index (Phi) is 10.6. The van der Waals surface area contributed by atoms with Crippen LogP contribution in [-0.2, 0) is 4.57 Å². The standard InChI is InChI=1S/C46H27N4O5P/c47-28-32-12-14-42(24-34(32)30-49)54-40-8-4-6-38(26-40)52-36-16-20-45(21-17-36)56(51,44-10-2-1-3-11-44)46-22-18-37(19-23-46)53-39-7-5-9-41(27-39)55-43-15-13-33(29-48)35(25-43)31-50/h1-27H. The van der Waals surface area contributed by atoms with Crippen LogP contribution >= 0.6 is 7.14 Å². The maximum absolute atomic E-state index is 15.2. The van der Waals surface area contributed by atoms with Gasteiger partial charge in [0, 0.05) is 28.0 Å². The SMILES string of the molecule is N#Cc1ccc(Oc2cccc(Oc3ccc(P(=O)(c4ccccc4)c4ccc(Oc5cccc(Oc6ccc(C#N)c(C#N)c6)c5)cc4)cc3)c2)cc1C#N. The maximum atomic E-state index is 15.2. The molecule has 0 aliphatic heterocycles. The van der Waals surface area contributed by atoms with Gasteiger partial charge in [-0.2, -0.15) is 21.0 Å². The lowest BCUT2D eigenvalue weighted by Gasteiger charge is -2.20.